The number of imidazole rings is 1. The summed E-state index contributed by atoms with van der Waals surface area (Å²) in [4.78, 5) is 25.2. The number of hydrogen-bond acceptors (Lipinski definition) is 5. The molecule has 5 rings (SSSR count). The van der Waals surface area contributed by atoms with Crippen LogP contribution in [0.3, 0.4) is 0 Å². The predicted octanol–water partition coefficient (Wildman–Crippen LogP) is 6.07. The summed E-state index contributed by atoms with van der Waals surface area (Å²) in [6.45, 7) is 2.86. The van der Waals surface area contributed by atoms with Crippen molar-refractivity contribution < 1.29 is 9.18 Å². The number of carbonyl (C=O) groups excluding carboxylic acids is 1. The van der Waals surface area contributed by atoms with Crippen molar-refractivity contribution in [2.45, 2.75) is 20.0 Å². The fourth-order valence-corrected chi connectivity index (χ4v) is 4.21. The highest BCUT2D eigenvalue weighted by Crippen LogP contribution is 2.30. The maximum absolute atomic E-state index is 13.6. The second kappa shape index (κ2) is 9.64. The Hall–Kier alpha value is -4.10. The van der Waals surface area contributed by atoms with Crippen molar-refractivity contribution in [3.63, 3.8) is 0 Å². The third-order valence-electron chi connectivity index (χ3n) is 5.60. The molecule has 3 aromatic carbocycles. The number of fused-ring (bicyclic) bond motifs is 1. The first-order valence-corrected chi connectivity index (χ1v) is 11.4. The third kappa shape index (κ3) is 4.90. The van der Waals surface area contributed by atoms with Gasteiger partial charge in [0.1, 0.15) is 17.2 Å². The topological polar surface area (TPSA) is 72.7 Å². The Bertz CT molecular complexity index is 1530. The van der Waals surface area contributed by atoms with Crippen LogP contribution in [-0.4, -0.2) is 25.8 Å². The zero-order valence-corrected chi connectivity index (χ0v) is 19.6. The lowest BCUT2D eigenvalue weighted by atomic mass is 10.1. The van der Waals surface area contributed by atoms with Crippen LogP contribution < -0.4 is 5.32 Å². The molecule has 0 bridgehead atoms. The highest BCUT2D eigenvalue weighted by Gasteiger charge is 2.20. The molecule has 0 amide bonds. The van der Waals surface area contributed by atoms with Gasteiger partial charge in [0.2, 0.25) is 0 Å². The number of aromatic nitrogens is 4. The number of nitrogens with zero attached hydrogens (tertiary/aromatic N) is 4. The molecule has 1 N–H and O–H groups in total. The number of anilines is 1. The number of halogens is 2. The second-order valence-electron chi connectivity index (χ2n) is 8.22. The van der Waals surface area contributed by atoms with Crippen LogP contribution in [0.1, 0.15) is 27.3 Å². The predicted molar refractivity (Wildman–Crippen MR) is 135 cm³/mol. The van der Waals surface area contributed by atoms with Crippen LogP contribution in [0.5, 0.6) is 0 Å². The fourth-order valence-electron chi connectivity index (χ4n) is 3.99. The minimum atomic E-state index is -0.300. The van der Waals surface area contributed by atoms with E-state index in [4.69, 9.17) is 16.6 Å². The van der Waals surface area contributed by atoms with Crippen molar-refractivity contribution in [3.8, 4) is 11.4 Å². The number of benzene rings is 3. The smallest absolute Gasteiger partial charge is 0.196 e. The summed E-state index contributed by atoms with van der Waals surface area (Å²) < 4.78 is 15.5. The first kappa shape index (κ1) is 22.7. The summed E-state index contributed by atoms with van der Waals surface area (Å²) >= 11 is 6.14. The summed E-state index contributed by atoms with van der Waals surface area (Å²) in [6, 6.07) is 21.8. The number of hydrogen-bond donors (Lipinski definition) is 1. The zero-order chi connectivity index (χ0) is 24.4. The normalized spacial score (nSPS) is 11.1. The Kier molecular flexibility index (Phi) is 6.25. The van der Waals surface area contributed by atoms with Gasteiger partial charge in [0.05, 0.1) is 0 Å². The van der Waals surface area contributed by atoms with Gasteiger partial charge in [-0.3, -0.25) is 4.79 Å². The van der Waals surface area contributed by atoms with Gasteiger partial charge in [0.15, 0.2) is 23.6 Å². The number of carbonyl (C=O) groups is 1. The maximum atomic E-state index is 13.6. The minimum absolute atomic E-state index is 0.0355. The van der Waals surface area contributed by atoms with Gasteiger partial charge < -0.3 is 9.88 Å². The molecule has 0 saturated carbocycles. The standard InChI is InChI=1S/C27H21ClFN5O/c1-17-4-2-6-20(12-17)27-33-26-24(34(27)15-18-8-10-22(29)11-9-18)25(31-23(16-35)32-26)30-14-19-5-3-7-21(28)13-19/h2-13,16H,14-15H2,1H3,(H,30,31,32). The molecule has 0 unspecified atom stereocenters. The summed E-state index contributed by atoms with van der Waals surface area (Å²) in [5.74, 6) is 0.890. The van der Waals surface area contributed by atoms with E-state index in [9.17, 15) is 9.18 Å². The molecule has 6 nitrogen and oxygen atoms in total. The summed E-state index contributed by atoms with van der Waals surface area (Å²) in [5.41, 5.74) is 4.88. The van der Waals surface area contributed by atoms with Crippen LogP contribution in [0.2, 0.25) is 5.02 Å². The van der Waals surface area contributed by atoms with Gasteiger partial charge >= 0.3 is 0 Å². The van der Waals surface area contributed by atoms with Gasteiger partial charge in [-0.2, -0.15) is 0 Å². The molecular formula is C27H21ClFN5O. The molecule has 0 fully saturated rings. The highest BCUT2D eigenvalue weighted by molar-refractivity contribution is 6.30. The average molecular weight is 486 g/mol. The van der Waals surface area contributed by atoms with Crippen molar-refractivity contribution in [2.24, 2.45) is 0 Å². The van der Waals surface area contributed by atoms with E-state index in [0.29, 0.717) is 47.2 Å². The molecule has 0 atom stereocenters. The molecule has 0 aliphatic rings. The molecule has 0 aliphatic heterocycles. The monoisotopic (exact) mass is 485 g/mol. The second-order valence-corrected chi connectivity index (χ2v) is 8.66. The van der Waals surface area contributed by atoms with Gasteiger partial charge in [0, 0.05) is 23.7 Å². The molecule has 0 radical (unpaired) electrons. The maximum Gasteiger partial charge on any atom is 0.196 e. The van der Waals surface area contributed by atoms with Crippen LogP contribution in [-0.2, 0) is 13.1 Å². The van der Waals surface area contributed by atoms with Crippen LogP contribution in [0.25, 0.3) is 22.6 Å². The summed E-state index contributed by atoms with van der Waals surface area (Å²) in [7, 11) is 0. The molecule has 2 heterocycles. The van der Waals surface area contributed by atoms with Crippen molar-refractivity contribution >= 4 is 34.9 Å². The van der Waals surface area contributed by atoms with Gasteiger partial charge in [-0.05, 0) is 48.4 Å². The Balaban J connectivity index is 1.67. The minimum Gasteiger partial charge on any atom is -0.364 e. The van der Waals surface area contributed by atoms with Crippen molar-refractivity contribution in [3.05, 3.63) is 106 Å². The first-order chi connectivity index (χ1) is 17.0. The SMILES string of the molecule is Cc1cccc(-c2nc3nc(C=O)nc(NCc4cccc(Cl)c4)c3n2Cc2ccc(F)cc2)c1. The number of aryl methyl sites for hydroxylation is 1. The molecule has 174 valence electrons. The zero-order valence-electron chi connectivity index (χ0n) is 18.9. The van der Waals surface area contributed by atoms with Gasteiger partial charge in [-0.25, -0.2) is 19.3 Å². The number of rotatable bonds is 7. The van der Waals surface area contributed by atoms with Gasteiger partial charge in [-0.15, -0.1) is 0 Å². The van der Waals surface area contributed by atoms with Gasteiger partial charge in [0.25, 0.3) is 0 Å². The van der Waals surface area contributed by atoms with E-state index in [0.717, 1.165) is 22.3 Å². The Morgan fingerprint density at radius 1 is 0.971 bits per heavy atom. The van der Waals surface area contributed by atoms with E-state index in [1.807, 2.05) is 60.0 Å². The molecule has 8 heteroatoms. The quantitative estimate of drug-likeness (QED) is 0.283. The molecule has 5 aromatic rings. The molecule has 2 aromatic heterocycles. The molecule has 0 spiro atoms. The van der Waals surface area contributed by atoms with Crippen LogP contribution in [0.15, 0.2) is 72.8 Å². The molecular weight excluding hydrogens is 465 g/mol. The van der Waals surface area contributed by atoms with Crippen molar-refractivity contribution in [1.29, 1.82) is 0 Å². The molecule has 0 saturated heterocycles. The first-order valence-electron chi connectivity index (χ1n) is 11.0. The van der Waals surface area contributed by atoms with Crippen LogP contribution in [0, 0.1) is 12.7 Å². The van der Waals surface area contributed by atoms with Crippen molar-refractivity contribution in [1.82, 2.24) is 19.5 Å². The van der Waals surface area contributed by atoms with Crippen LogP contribution >= 0.6 is 11.6 Å². The lowest BCUT2D eigenvalue weighted by molar-refractivity contribution is 0.111. The molecule has 0 aliphatic carbocycles. The largest absolute Gasteiger partial charge is 0.364 e. The van der Waals surface area contributed by atoms with Gasteiger partial charge in [-0.1, -0.05) is 59.6 Å². The lowest BCUT2D eigenvalue weighted by Crippen LogP contribution is -2.09. The molecule has 35 heavy (non-hydrogen) atoms. The lowest BCUT2D eigenvalue weighted by Gasteiger charge is -2.13. The van der Waals surface area contributed by atoms with E-state index < -0.39 is 0 Å². The average Bonchev–Trinajstić information content (AvgIpc) is 3.22. The van der Waals surface area contributed by atoms with E-state index in [1.54, 1.807) is 12.1 Å². The Labute approximate surface area is 206 Å². The van der Waals surface area contributed by atoms with E-state index in [2.05, 4.69) is 15.3 Å². The van der Waals surface area contributed by atoms with E-state index in [1.165, 1.54) is 12.1 Å². The van der Waals surface area contributed by atoms with E-state index >= 15 is 0 Å². The van der Waals surface area contributed by atoms with Crippen molar-refractivity contribution in [2.75, 3.05) is 5.32 Å². The number of aldehydes is 1. The highest BCUT2D eigenvalue weighted by atomic mass is 35.5. The number of nitrogens with one attached hydrogen (secondary N) is 1. The van der Waals surface area contributed by atoms with Crippen LogP contribution in [0.4, 0.5) is 10.2 Å². The summed E-state index contributed by atoms with van der Waals surface area (Å²) in [5, 5.41) is 3.96. The Morgan fingerprint density at radius 3 is 2.51 bits per heavy atom. The Morgan fingerprint density at radius 2 is 1.77 bits per heavy atom. The van der Waals surface area contributed by atoms with E-state index in [-0.39, 0.29) is 11.6 Å². The third-order valence-corrected chi connectivity index (χ3v) is 5.84. The fraction of sp³-hybridized carbons (Fsp3) is 0.111. The summed E-state index contributed by atoms with van der Waals surface area (Å²) in [6.07, 6.45) is 0.606.